The second-order valence-electron chi connectivity index (χ2n) is 4.85. The van der Waals surface area contributed by atoms with E-state index in [1.807, 2.05) is 44.5 Å². The largest absolute Gasteiger partial charge is 0.339 e. The first-order valence-corrected chi connectivity index (χ1v) is 8.02. The van der Waals surface area contributed by atoms with E-state index >= 15 is 0 Å². The van der Waals surface area contributed by atoms with Gasteiger partial charge in [0.05, 0.1) is 5.56 Å². The van der Waals surface area contributed by atoms with Crippen LogP contribution in [0, 0.1) is 0 Å². The number of pyridine rings is 2. The SMILES string of the molecule is CSc1ncccc1C(=O)N(C)[C@H](C)Cc1ccccn1. The summed E-state index contributed by atoms with van der Waals surface area (Å²) in [6, 6.07) is 9.52. The minimum absolute atomic E-state index is 0.00381. The molecule has 2 aromatic heterocycles. The number of carbonyl (C=O) groups excluding carboxylic acids is 1. The number of amides is 1. The van der Waals surface area contributed by atoms with Crippen molar-refractivity contribution in [2.24, 2.45) is 0 Å². The molecule has 0 aromatic carbocycles. The molecule has 0 spiro atoms. The first-order chi connectivity index (χ1) is 10.1. The summed E-state index contributed by atoms with van der Waals surface area (Å²) in [6.07, 6.45) is 6.14. The Hall–Kier alpha value is -1.88. The van der Waals surface area contributed by atoms with Gasteiger partial charge in [0, 0.05) is 37.6 Å². The smallest absolute Gasteiger partial charge is 0.256 e. The van der Waals surface area contributed by atoms with Crippen molar-refractivity contribution in [3.63, 3.8) is 0 Å². The third kappa shape index (κ3) is 3.82. The Bertz CT molecular complexity index is 603. The Morgan fingerprint density at radius 2 is 2.00 bits per heavy atom. The average Bonchev–Trinajstić information content (AvgIpc) is 2.54. The predicted octanol–water partition coefficient (Wildman–Crippen LogP) is 2.90. The molecule has 4 nitrogen and oxygen atoms in total. The van der Waals surface area contributed by atoms with Crippen LogP contribution in [0.5, 0.6) is 0 Å². The standard InChI is InChI=1S/C16H19N3OS/c1-12(11-13-7-4-5-9-17-13)19(2)16(20)14-8-6-10-18-15(14)21-3/h4-10,12H,11H2,1-3H3/t12-/m1/s1. The highest BCUT2D eigenvalue weighted by Gasteiger charge is 2.20. The van der Waals surface area contributed by atoms with Gasteiger partial charge in [-0.15, -0.1) is 11.8 Å². The van der Waals surface area contributed by atoms with Crippen LogP contribution in [0.4, 0.5) is 0 Å². The van der Waals surface area contributed by atoms with Gasteiger partial charge in [-0.3, -0.25) is 9.78 Å². The Labute approximate surface area is 129 Å². The molecule has 0 saturated carbocycles. The quantitative estimate of drug-likeness (QED) is 0.797. The molecule has 0 radical (unpaired) electrons. The lowest BCUT2D eigenvalue weighted by Crippen LogP contribution is -2.37. The van der Waals surface area contributed by atoms with Crippen molar-refractivity contribution in [1.29, 1.82) is 0 Å². The van der Waals surface area contributed by atoms with Crippen LogP contribution >= 0.6 is 11.8 Å². The summed E-state index contributed by atoms with van der Waals surface area (Å²) in [7, 11) is 1.83. The van der Waals surface area contributed by atoms with Crippen molar-refractivity contribution in [2.45, 2.75) is 24.4 Å². The summed E-state index contributed by atoms with van der Waals surface area (Å²) in [5.41, 5.74) is 1.64. The van der Waals surface area contributed by atoms with E-state index < -0.39 is 0 Å². The third-order valence-corrected chi connectivity index (χ3v) is 4.12. The van der Waals surface area contributed by atoms with Gasteiger partial charge >= 0.3 is 0 Å². The summed E-state index contributed by atoms with van der Waals surface area (Å²) in [4.78, 5) is 22.9. The van der Waals surface area contributed by atoms with Crippen molar-refractivity contribution in [3.05, 3.63) is 54.0 Å². The molecule has 1 amide bonds. The highest BCUT2D eigenvalue weighted by atomic mass is 32.2. The second-order valence-corrected chi connectivity index (χ2v) is 5.65. The van der Waals surface area contributed by atoms with Gasteiger partial charge in [0.2, 0.25) is 0 Å². The third-order valence-electron chi connectivity index (χ3n) is 3.41. The zero-order valence-corrected chi connectivity index (χ0v) is 13.3. The van der Waals surface area contributed by atoms with Gasteiger partial charge in [-0.2, -0.15) is 0 Å². The van der Waals surface area contributed by atoms with Gasteiger partial charge < -0.3 is 4.90 Å². The molecule has 0 fully saturated rings. The number of hydrogen-bond acceptors (Lipinski definition) is 4. The molecule has 2 heterocycles. The van der Waals surface area contributed by atoms with E-state index in [2.05, 4.69) is 9.97 Å². The second kappa shape index (κ2) is 7.22. The van der Waals surface area contributed by atoms with Crippen LogP contribution < -0.4 is 0 Å². The molecule has 0 aliphatic rings. The molecular formula is C16H19N3OS. The van der Waals surface area contributed by atoms with E-state index in [4.69, 9.17) is 0 Å². The maximum atomic E-state index is 12.6. The van der Waals surface area contributed by atoms with Crippen LogP contribution in [0.25, 0.3) is 0 Å². The Balaban J connectivity index is 2.11. The van der Waals surface area contributed by atoms with E-state index in [-0.39, 0.29) is 11.9 Å². The van der Waals surface area contributed by atoms with Gasteiger partial charge in [0.1, 0.15) is 5.03 Å². The van der Waals surface area contributed by atoms with Crippen molar-refractivity contribution in [1.82, 2.24) is 14.9 Å². The Morgan fingerprint density at radius 1 is 1.24 bits per heavy atom. The fourth-order valence-electron chi connectivity index (χ4n) is 2.06. The number of likely N-dealkylation sites (N-methyl/N-ethyl adjacent to an activating group) is 1. The van der Waals surface area contributed by atoms with E-state index in [0.29, 0.717) is 5.56 Å². The number of nitrogens with zero attached hydrogens (tertiary/aromatic N) is 3. The molecule has 0 saturated heterocycles. The summed E-state index contributed by atoms with van der Waals surface area (Å²) in [5.74, 6) is -0.00381. The van der Waals surface area contributed by atoms with Crippen molar-refractivity contribution >= 4 is 17.7 Å². The fourth-order valence-corrected chi connectivity index (χ4v) is 2.61. The van der Waals surface area contributed by atoms with Crippen LogP contribution in [-0.4, -0.2) is 40.1 Å². The molecule has 0 unspecified atom stereocenters. The first-order valence-electron chi connectivity index (χ1n) is 6.79. The highest BCUT2D eigenvalue weighted by Crippen LogP contribution is 2.19. The summed E-state index contributed by atoms with van der Waals surface area (Å²) >= 11 is 1.49. The minimum atomic E-state index is -0.00381. The van der Waals surface area contributed by atoms with E-state index in [0.717, 1.165) is 17.1 Å². The van der Waals surface area contributed by atoms with Gasteiger partial charge in [-0.1, -0.05) is 6.07 Å². The molecule has 2 aromatic rings. The topological polar surface area (TPSA) is 46.1 Å². The lowest BCUT2D eigenvalue weighted by atomic mass is 10.1. The molecule has 21 heavy (non-hydrogen) atoms. The number of aromatic nitrogens is 2. The molecular weight excluding hydrogens is 282 g/mol. The number of carbonyl (C=O) groups is 1. The summed E-state index contributed by atoms with van der Waals surface area (Å²) in [6.45, 7) is 2.03. The maximum absolute atomic E-state index is 12.6. The van der Waals surface area contributed by atoms with Gasteiger partial charge in [-0.25, -0.2) is 4.98 Å². The molecule has 0 bridgehead atoms. The van der Waals surface area contributed by atoms with E-state index in [1.54, 1.807) is 23.4 Å². The Kier molecular flexibility index (Phi) is 5.33. The maximum Gasteiger partial charge on any atom is 0.256 e. The van der Waals surface area contributed by atoms with Gasteiger partial charge in [-0.05, 0) is 37.4 Å². The molecule has 0 aliphatic carbocycles. The van der Waals surface area contributed by atoms with Crippen molar-refractivity contribution in [2.75, 3.05) is 13.3 Å². The highest BCUT2D eigenvalue weighted by molar-refractivity contribution is 7.98. The molecule has 0 N–H and O–H groups in total. The van der Waals surface area contributed by atoms with Crippen LogP contribution in [-0.2, 0) is 6.42 Å². The molecule has 1 atom stereocenters. The Morgan fingerprint density at radius 3 is 2.67 bits per heavy atom. The summed E-state index contributed by atoms with van der Waals surface area (Å²) < 4.78 is 0. The van der Waals surface area contributed by atoms with Crippen LogP contribution in [0.3, 0.4) is 0 Å². The average molecular weight is 301 g/mol. The predicted molar refractivity (Wildman–Crippen MR) is 85.5 cm³/mol. The first kappa shape index (κ1) is 15.5. The normalized spacial score (nSPS) is 12.0. The monoisotopic (exact) mass is 301 g/mol. The number of thioether (sulfide) groups is 1. The van der Waals surface area contributed by atoms with Crippen molar-refractivity contribution in [3.8, 4) is 0 Å². The van der Waals surface area contributed by atoms with E-state index in [9.17, 15) is 4.79 Å². The summed E-state index contributed by atoms with van der Waals surface area (Å²) in [5, 5.41) is 0.763. The van der Waals surface area contributed by atoms with Crippen molar-refractivity contribution < 1.29 is 4.79 Å². The zero-order chi connectivity index (χ0) is 15.2. The molecule has 2 rings (SSSR count). The lowest BCUT2D eigenvalue weighted by molar-refractivity contribution is 0.0738. The minimum Gasteiger partial charge on any atom is -0.339 e. The molecule has 5 heteroatoms. The molecule has 0 aliphatic heterocycles. The van der Waals surface area contributed by atoms with Gasteiger partial charge in [0.25, 0.3) is 5.91 Å². The fraction of sp³-hybridized carbons (Fsp3) is 0.312. The van der Waals surface area contributed by atoms with Gasteiger partial charge in [0.15, 0.2) is 0 Å². The number of rotatable bonds is 5. The number of hydrogen-bond donors (Lipinski definition) is 0. The van der Waals surface area contributed by atoms with Crippen LogP contribution in [0.15, 0.2) is 47.8 Å². The van der Waals surface area contributed by atoms with E-state index in [1.165, 1.54) is 11.8 Å². The molecule has 110 valence electrons. The van der Waals surface area contributed by atoms with Crippen LogP contribution in [0.2, 0.25) is 0 Å². The van der Waals surface area contributed by atoms with Crippen LogP contribution in [0.1, 0.15) is 23.0 Å². The zero-order valence-electron chi connectivity index (χ0n) is 12.5. The lowest BCUT2D eigenvalue weighted by Gasteiger charge is -2.25.